The number of carbonyl (C=O) groups excluding carboxylic acids is 1. The van der Waals surface area contributed by atoms with Gasteiger partial charge in [-0.3, -0.25) is 4.57 Å². The lowest BCUT2D eigenvalue weighted by Gasteiger charge is -2.49. The SMILES string of the molecule is CC1(C)C(O)CC1NC(=O)n1ccnc1. The Morgan fingerprint density at radius 3 is 2.87 bits per heavy atom. The number of hydrogen-bond acceptors (Lipinski definition) is 3. The Morgan fingerprint density at radius 2 is 2.40 bits per heavy atom. The highest BCUT2D eigenvalue weighted by atomic mass is 16.3. The molecule has 1 aliphatic carbocycles. The maximum Gasteiger partial charge on any atom is 0.327 e. The Hall–Kier alpha value is -1.36. The average molecular weight is 209 g/mol. The van der Waals surface area contributed by atoms with E-state index >= 15 is 0 Å². The number of hydrogen-bond donors (Lipinski definition) is 2. The van der Waals surface area contributed by atoms with Crippen molar-refractivity contribution in [3.8, 4) is 0 Å². The van der Waals surface area contributed by atoms with E-state index < -0.39 is 0 Å². The molecule has 1 amide bonds. The zero-order valence-electron chi connectivity index (χ0n) is 8.84. The topological polar surface area (TPSA) is 67.2 Å². The molecular formula is C10H15N3O2. The van der Waals surface area contributed by atoms with Crippen LogP contribution in [0.3, 0.4) is 0 Å². The van der Waals surface area contributed by atoms with Crippen molar-refractivity contribution in [1.82, 2.24) is 14.9 Å². The number of aliphatic hydroxyl groups is 1. The van der Waals surface area contributed by atoms with Gasteiger partial charge in [0.1, 0.15) is 6.33 Å². The van der Waals surface area contributed by atoms with Crippen molar-refractivity contribution >= 4 is 6.03 Å². The van der Waals surface area contributed by atoms with Crippen molar-refractivity contribution in [1.29, 1.82) is 0 Å². The van der Waals surface area contributed by atoms with Crippen LogP contribution >= 0.6 is 0 Å². The van der Waals surface area contributed by atoms with Crippen LogP contribution in [0.5, 0.6) is 0 Å². The first-order chi connectivity index (χ1) is 7.01. The molecule has 2 atom stereocenters. The predicted molar refractivity (Wildman–Crippen MR) is 54.3 cm³/mol. The van der Waals surface area contributed by atoms with Crippen LogP contribution < -0.4 is 5.32 Å². The number of carbonyl (C=O) groups is 1. The molecule has 15 heavy (non-hydrogen) atoms. The summed E-state index contributed by atoms with van der Waals surface area (Å²) in [6, 6.07) is -0.167. The van der Waals surface area contributed by atoms with Gasteiger partial charge in [-0.25, -0.2) is 9.78 Å². The van der Waals surface area contributed by atoms with Crippen LogP contribution in [0.4, 0.5) is 4.79 Å². The van der Waals surface area contributed by atoms with Gasteiger partial charge in [0.15, 0.2) is 0 Å². The molecule has 0 saturated heterocycles. The Bertz CT molecular complexity index is 359. The van der Waals surface area contributed by atoms with Crippen LogP contribution in [0.1, 0.15) is 20.3 Å². The third-order valence-corrected chi connectivity index (χ3v) is 3.25. The van der Waals surface area contributed by atoms with Crippen LogP contribution in [-0.2, 0) is 0 Å². The molecule has 1 saturated carbocycles. The minimum Gasteiger partial charge on any atom is -0.392 e. The van der Waals surface area contributed by atoms with E-state index in [1.54, 1.807) is 12.4 Å². The standard InChI is InChI=1S/C10H15N3O2/c1-10(2)7(5-8(10)14)12-9(15)13-4-3-11-6-13/h3-4,6-8,14H,5H2,1-2H3,(H,12,15). The number of aliphatic hydroxyl groups excluding tert-OH is 1. The fraction of sp³-hybridized carbons (Fsp3) is 0.600. The summed E-state index contributed by atoms with van der Waals surface area (Å²) in [6.07, 6.45) is 4.90. The smallest absolute Gasteiger partial charge is 0.327 e. The molecule has 0 bridgehead atoms. The van der Waals surface area contributed by atoms with Gasteiger partial charge in [-0.1, -0.05) is 13.8 Å². The van der Waals surface area contributed by atoms with Gasteiger partial charge in [0.2, 0.25) is 0 Å². The first-order valence-corrected chi connectivity index (χ1v) is 4.98. The average Bonchev–Trinajstić information content (AvgIpc) is 2.70. The quantitative estimate of drug-likeness (QED) is 0.711. The molecule has 0 spiro atoms. The predicted octanol–water partition coefficient (Wildman–Crippen LogP) is 0.600. The maximum atomic E-state index is 11.6. The van der Waals surface area contributed by atoms with Crippen molar-refractivity contribution in [2.45, 2.75) is 32.4 Å². The van der Waals surface area contributed by atoms with Crippen LogP contribution in [-0.4, -0.2) is 32.8 Å². The number of imidazole rings is 1. The summed E-state index contributed by atoms with van der Waals surface area (Å²) >= 11 is 0. The zero-order valence-corrected chi connectivity index (χ0v) is 8.84. The Kier molecular flexibility index (Phi) is 2.26. The van der Waals surface area contributed by atoms with Gasteiger partial charge in [-0.05, 0) is 6.42 Å². The van der Waals surface area contributed by atoms with Gasteiger partial charge in [-0.15, -0.1) is 0 Å². The lowest BCUT2D eigenvalue weighted by Crippen LogP contribution is -2.61. The van der Waals surface area contributed by atoms with Crippen LogP contribution in [0.25, 0.3) is 0 Å². The summed E-state index contributed by atoms with van der Waals surface area (Å²) in [7, 11) is 0. The van der Waals surface area contributed by atoms with Crippen LogP contribution in [0.15, 0.2) is 18.7 Å². The molecule has 1 aromatic heterocycles. The number of nitrogens with one attached hydrogen (secondary N) is 1. The Labute approximate surface area is 88.1 Å². The molecule has 5 heteroatoms. The Balaban J connectivity index is 1.97. The van der Waals surface area contributed by atoms with Gasteiger partial charge >= 0.3 is 6.03 Å². The lowest BCUT2D eigenvalue weighted by molar-refractivity contribution is -0.0678. The summed E-state index contributed by atoms with van der Waals surface area (Å²) < 4.78 is 1.39. The molecule has 1 fully saturated rings. The molecular weight excluding hydrogens is 194 g/mol. The third-order valence-electron chi connectivity index (χ3n) is 3.25. The van der Waals surface area contributed by atoms with Gasteiger partial charge in [0.25, 0.3) is 0 Å². The molecule has 0 radical (unpaired) electrons. The summed E-state index contributed by atoms with van der Waals surface area (Å²) in [4.78, 5) is 15.4. The summed E-state index contributed by atoms with van der Waals surface area (Å²) in [5.74, 6) is 0. The zero-order chi connectivity index (χ0) is 11.1. The lowest BCUT2D eigenvalue weighted by atomic mass is 9.65. The normalized spacial score (nSPS) is 28.2. The van der Waals surface area contributed by atoms with Crippen molar-refractivity contribution in [3.05, 3.63) is 18.7 Å². The number of rotatable bonds is 1. The van der Waals surface area contributed by atoms with Gasteiger partial charge in [0.05, 0.1) is 6.10 Å². The second-order valence-corrected chi connectivity index (χ2v) is 4.54. The fourth-order valence-electron chi connectivity index (χ4n) is 1.75. The van der Waals surface area contributed by atoms with Gasteiger partial charge in [-0.2, -0.15) is 0 Å². The molecule has 1 aliphatic rings. The van der Waals surface area contributed by atoms with E-state index in [0.717, 1.165) is 0 Å². The summed E-state index contributed by atoms with van der Waals surface area (Å²) in [5.41, 5.74) is -0.240. The van der Waals surface area contributed by atoms with Gasteiger partial charge < -0.3 is 10.4 Å². The highest BCUT2D eigenvalue weighted by Gasteiger charge is 2.48. The second kappa shape index (κ2) is 3.34. The van der Waals surface area contributed by atoms with E-state index in [-0.39, 0.29) is 23.6 Å². The van der Waals surface area contributed by atoms with Crippen LogP contribution in [0.2, 0.25) is 0 Å². The van der Waals surface area contributed by atoms with E-state index in [9.17, 15) is 9.90 Å². The molecule has 2 rings (SSSR count). The highest BCUT2D eigenvalue weighted by Crippen LogP contribution is 2.40. The molecule has 1 heterocycles. The first-order valence-electron chi connectivity index (χ1n) is 4.98. The number of aromatic nitrogens is 2. The molecule has 82 valence electrons. The molecule has 1 aromatic rings. The largest absolute Gasteiger partial charge is 0.392 e. The third kappa shape index (κ3) is 1.63. The summed E-state index contributed by atoms with van der Waals surface area (Å²) in [5, 5.41) is 12.4. The number of amides is 1. The van der Waals surface area contributed by atoms with E-state index in [1.807, 2.05) is 13.8 Å². The minimum absolute atomic E-state index is 0.0300. The summed E-state index contributed by atoms with van der Waals surface area (Å²) in [6.45, 7) is 3.89. The van der Waals surface area contributed by atoms with E-state index in [0.29, 0.717) is 6.42 Å². The second-order valence-electron chi connectivity index (χ2n) is 4.54. The minimum atomic E-state index is -0.328. The van der Waals surface area contributed by atoms with Crippen molar-refractivity contribution in [2.24, 2.45) is 5.41 Å². The van der Waals surface area contributed by atoms with E-state index in [4.69, 9.17) is 0 Å². The van der Waals surface area contributed by atoms with Crippen molar-refractivity contribution < 1.29 is 9.90 Å². The molecule has 0 aromatic carbocycles. The molecule has 0 aliphatic heterocycles. The van der Waals surface area contributed by atoms with E-state index in [2.05, 4.69) is 10.3 Å². The highest BCUT2D eigenvalue weighted by molar-refractivity contribution is 5.76. The molecule has 2 N–H and O–H groups in total. The first kappa shape index (κ1) is 10.2. The monoisotopic (exact) mass is 209 g/mol. The Morgan fingerprint density at radius 1 is 1.67 bits per heavy atom. The fourth-order valence-corrected chi connectivity index (χ4v) is 1.75. The molecule has 5 nitrogen and oxygen atoms in total. The number of nitrogens with zero attached hydrogens (tertiary/aromatic N) is 2. The van der Waals surface area contributed by atoms with Crippen molar-refractivity contribution in [3.63, 3.8) is 0 Å². The van der Waals surface area contributed by atoms with Crippen molar-refractivity contribution in [2.75, 3.05) is 0 Å². The molecule has 2 unspecified atom stereocenters. The van der Waals surface area contributed by atoms with Crippen LogP contribution in [0, 0.1) is 5.41 Å². The van der Waals surface area contributed by atoms with E-state index in [1.165, 1.54) is 10.9 Å². The maximum absolute atomic E-state index is 11.6. The van der Waals surface area contributed by atoms with Gasteiger partial charge in [0, 0.05) is 23.9 Å².